The third-order valence-corrected chi connectivity index (χ3v) is 3.92. The van der Waals surface area contributed by atoms with Crippen LogP contribution in [0, 0.1) is 0 Å². The average Bonchev–Trinajstić information content (AvgIpc) is 3.12. The first-order chi connectivity index (χ1) is 11.5. The number of carboxylic acids is 1. The molecular weight excluding hydrogens is 312 g/mol. The molecule has 1 heterocycles. The molecule has 0 spiro atoms. The van der Waals surface area contributed by atoms with Crippen molar-refractivity contribution in [1.29, 1.82) is 0 Å². The number of hydrogen-bond acceptors (Lipinski definition) is 4. The standard InChI is InChI=1S/C17H22N2O5/c1-2-13(17(22)23)19-15(20)12-7-5-11(6-8-12)10-18-16(21)14-4-3-9-24-14/h5-8,13-14H,2-4,9-10H2,1H3,(H,18,21)(H,19,20)(H,22,23)/t13-,14-/m0/s1. The Hall–Kier alpha value is -2.41. The largest absolute Gasteiger partial charge is 0.480 e. The van der Waals surface area contributed by atoms with Crippen LogP contribution in [0.5, 0.6) is 0 Å². The summed E-state index contributed by atoms with van der Waals surface area (Å²) in [6.45, 7) is 2.67. The molecule has 0 aliphatic carbocycles. The van der Waals surface area contributed by atoms with Gasteiger partial charge in [0.15, 0.2) is 0 Å². The molecular formula is C17H22N2O5. The number of aliphatic carboxylic acids is 1. The molecule has 24 heavy (non-hydrogen) atoms. The van der Waals surface area contributed by atoms with E-state index in [1.165, 1.54) is 0 Å². The highest BCUT2D eigenvalue weighted by Gasteiger charge is 2.23. The minimum atomic E-state index is -1.06. The minimum Gasteiger partial charge on any atom is -0.480 e. The summed E-state index contributed by atoms with van der Waals surface area (Å²) in [6.07, 6.45) is 1.59. The van der Waals surface area contributed by atoms with Crippen molar-refractivity contribution in [3.8, 4) is 0 Å². The number of carboxylic acid groups (broad SMARTS) is 1. The van der Waals surface area contributed by atoms with Crippen LogP contribution >= 0.6 is 0 Å². The fourth-order valence-electron chi connectivity index (χ4n) is 2.44. The molecule has 1 saturated heterocycles. The van der Waals surface area contributed by atoms with Crippen molar-refractivity contribution in [1.82, 2.24) is 10.6 Å². The van der Waals surface area contributed by atoms with Crippen LogP contribution in [0.15, 0.2) is 24.3 Å². The smallest absolute Gasteiger partial charge is 0.326 e. The molecule has 2 atom stereocenters. The van der Waals surface area contributed by atoms with E-state index in [9.17, 15) is 14.4 Å². The van der Waals surface area contributed by atoms with Gasteiger partial charge in [-0.25, -0.2) is 4.79 Å². The van der Waals surface area contributed by atoms with Gasteiger partial charge >= 0.3 is 5.97 Å². The molecule has 0 saturated carbocycles. The predicted octanol–water partition coefficient (Wildman–Crippen LogP) is 1.07. The van der Waals surface area contributed by atoms with Gasteiger partial charge in [-0.05, 0) is 37.0 Å². The van der Waals surface area contributed by atoms with E-state index in [2.05, 4.69) is 10.6 Å². The van der Waals surface area contributed by atoms with Gasteiger partial charge in [-0.15, -0.1) is 0 Å². The highest BCUT2D eigenvalue weighted by atomic mass is 16.5. The van der Waals surface area contributed by atoms with Gasteiger partial charge in [0.1, 0.15) is 12.1 Å². The van der Waals surface area contributed by atoms with Gasteiger partial charge in [-0.3, -0.25) is 9.59 Å². The van der Waals surface area contributed by atoms with E-state index in [0.29, 0.717) is 25.1 Å². The van der Waals surface area contributed by atoms with Gasteiger partial charge in [-0.1, -0.05) is 19.1 Å². The van der Waals surface area contributed by atoms with Crippen molar-refractivity contribution in [2.45, 2.75) is 44.9 Å². The molecule has 1 fully saturated rings. The number of rotatable bonds is 7. The highest BCUT2D eigenvalue weighted by Crippen LogP contribution is 2.12. The average molecular weight is 334 g/mol. The van der Waals surface area contributed by atoms with Crippen molar-refractivity contribution in [2.75, 3.05) is 6.61 Å². The summed E-state index contributed by atoms with van der Waals surface area (Å²) in [6, 6.07) is 5.77. The number of amides is 2. The Kier molecular flexibility index (Phi) is 6.31. The Morgan fingerprint density at radius 3 is 2.54 bits per heavy atom. The van der Waals surface area contributed by atoms with Gasteiger partial charge in [0.05, 0.1) is 0 Å². The van der Waals surface area contributed by atoms with Crippen LogP contribution in [0.4, 0.5) is 0 Å². The first-order valence-corrected chi connectivity index (χ1v) is 8.03. The lowest BCUT2D eigenvalue weighted by molar-refractivity contribution is -0.139. The number of benzene rings is 1. The second-order valence-corrected chi connectivity index (χ2v) is 5.69. The van der Waals surface area contributed by atoms with Crippen molar-refractivity contribution in [2.24, 2.45) is 0 Å². The van der Waals surface area contributed by atoms with Gasteiger partial charge in [0.2, 0.25) is 5.91 Å². The highest BCUT2D eigenvalue weighted by molar-refractivity contribution is 5.96. The van der Waals surface area contributed by atoms with Crippen molar-refractivity contribution >= 4 is 17.8 Å². The lowest BCUT2D eigenvalue weighted by Gasteiger charge is -2.13. The van der Waals surface area contributed by atoms with Crippen LogP contribution in [-0.4, -0.2) is 41.6 Å². The molecule has 3 N–H and O–H groups in total. The van der Waals surface area contributed by atoms with Crippen LogP contribution in [0.1, 0.15) is 42.1 Å². The maximum Gasteiger partial charge on any atom is 0.326 e. The number of ether oxygens (including phenoxy) is 1. The number of carbonyl (C=O) groups is 3. The lowest BCUT2D eigenvalue weighted by atomic mass is 10.1. The molecule has 1 aliphatic rings. The topological polar surface area (TPSA) is 105 Å². The van der Waals surface area contributed by atoms with E-state index in [0.717, 1.165) is 18.4 Å². The Labute approximate surface area is 140 Å². The summed E-state index contributed by atoms with van der Waals surface area (Å²) >= 11 is 0. The third-order valence-electron chi connectivity index (χ3n) is 3.92. The van der Waals surface area contributed by atoms with Crippen molar-refractivity contribution in [3.05, 3.63) is 35.4 Å². The first-order valence-electron chi connectivity index (χ1n) is 8.03. The van der Waals surface area contributed by atoms with Crippen molar-refractivity contribution in [3.63, 3.8) is 0 Å². The van der Waals surface area contributed by atoms with E-state index in [1.54, 1.807) is 31.2 Å². The zero-order chi connectivity index (χ0) is 17.5. The van der Waals surface area contributed by atoms with Crippen LogP contribution in [0.25, 0.3) is 0 Å². The zero-order valence-electron chi connectivity index (χ0n) is 13.6. The maximum absolute atomic E-state index is 12.0. The Morgan fingerprint density at radius 1 is 1.29 bits per heavy atom. The molecule has 1 aliphatic heterocycles. The van der Waals surface area contributed by atoms with Gasteiger partial charge < -0.3 is 20.5 Å². The normalized spacial score (nSPS) is 18.0. The van der Waals surface area contributed by atoms with Gasteiger partial charge in [-0.2, -0.15) is 0 Å². The molecule has 7 heteroatoms. The Bertz CT molecular complexity index is 594. The summed E-state index contributed by atoms with van der Waals surface area (Å²) in [5.74, 6) is -1.61. The van der Waals surface area contributed by atoms with E-state index in [1.807, 2.05) is 0 Å². The summed E-state index contributed by atoms with van der Waals surface area (Å²) in [7, 11) is 0. The number of hydrogen-bond donors (Lipinski definition) is 3. The predicted molar refractivity (Wildman–Crippen MR) is 86.4 cm³/mol. The van der Waals surface area contributed by atoms with E-state index >= 15 is 0 Å². The van der Waals surface area contributed by atoms with E-state index in [-0.39, 0.29) is 12.0 Å². The molecule has 7 nitrogen and oxygen atoms in total. The molecule has 2 amide bonds. The van der Waals surface area contributed by atoms with Gasteiger partial charge in [0, 0.05) is 18.7 Å². The molecule has 2 rings (SSSR count). The van der Waals surface area contributed by atoms with Gasteiger partial charge in [0.25, 0.3) is 5.91 Å². The fourth-order valence-corrected chi connectivity index (χ4v) is 2.44. The SMILES string of the molecule is CC[C@H](NC(=O)c1ccc(CNC(=O)[C@@H]2CCCO2)cc1)C(=O)O. The van der Waals surface area contributed by atoms with Crippen LogP contribution in [-0.2, 0) is 20.9 Å². The zero-order valence-corrected chi connectivity index (χ0v) is 13.6. The second-order valence-electron chi connectivity index (χ2n) is 5.69. The molecule has 1 aromatic carbocycles. The fraction of sp³-hybridized carbons (Fsp3) is 0.471. The minimum absolute atomic E-state index is 0.124. The van der Waals surface area contributed by atoms with Crippen LogP contribution in [0.3, 0.4) is 0 Å². The van der Waals surface area contributed by atoms with Crippen molar-refractivity contribution < 1.29 is 24.2 Å². The number of carbonyl (C=O) groups excluding carboxylic acids is 2. The lowest BCUT2D eigenvalue weighted by Crippen LogP contribution is -2.40. The molecule has 1 aromatic rings. The van der Waals surface area contributed by atoms with Crippen LogP contribution < -0.4 is 10.6 Å². The van der Waals surface area contributed by atoms with Crippen LogP contribution in [0.2, 0.25) is 0 Å². The molecule has 0 bridgehead atoms. The summed E-state index contributed by atoms with van der Waals surface area (Å²) in [4.78, 5) is 34.8. The summed E-state index contributed by atoms with van der Waals surface area (Å²) in [5.41, 5.74) is 1.23. The first kappa shape index (κ1) is 17.9. The quantitative estimate of drug-likeness (QED) is 0.692. The summed E-state index contributed by atoms with van der Waals surface area (Å²) in [5, 5.41) is 14.2. The monoisotopic (exact) mass is 334 g/mol. The van der Waals surface area contributed by atoms with E-state index < -0.39 is 17.9 Å². The molecule has 0 aromatic heterocycles. The second kappa shape index (κ2) is 8.44. The van der Waals surface area contributed by atoms with E-state index in [4.69, 9.17) is 9.84 Å². The number of nitrogens with one attached hydrogen (secondary N) is 2. The summed E-state index contributed by atoms with van der Waals surface area (Å²) < 4.78 is 5.31. The Balaban J connectivity index is 1.86. The Morgan fingerprint density at radius 2 is 2.00 bits per heavy atom. The molecule has 0 unspecified atom stereocenters. The maximum atomic E-state index is 12.0. The molecule has 0 radical (unpaired) electrons. The third kappa shape index (κ3) is 4.79. The molecule has 130 valence electrons.